The van der Waals surface area contributed by atoms with E-state index in [1.807, 2.05) is 0 Å². The fourth-order valence-electron chi connectivity index (χ4n) is 5.27. The molecule has 0 spiro atoms. The number of likely N-dealkylation sites (tertiary alicyclic amines) is 1. The summed E-state index contributed by atoms with van der Waals surface area (Å²) in [4.78, 5) is 80.5. The second-order valence-electron chi connectivity index (χ2n) is 12.7. The molecule has 1 saturated heterocycles. The highest BCUT2D eigenvalue weighted by molar-refractivity contribution is 9.11. The van der Waals surface area contributed by atoms with Crippen LogP contribution in [-0.4, -0.2) is 89.8 Å². The first-order chi connectivity index (χ1) is 20.9. The minimum absolute atomic E-state index is 0.0443. The number of hydrogen-bond donors (Lipinski definition) is 1. The van der Waals surface area contributed by atoms with Crippen molar-refractivity contribution in [2.75, 3.05) is 20.8 Å². The summed E-state index contributed by atoms with van der Waals surface area (Å²) in [6.45, 7) is 10.0. The van der Waals surface area contributed by atoms with E-state index in [-0.39, 0.29) is 29.6 Å². The lowest BCUT2D eigenvalue weighted by Gasteiger charge is -2.32. The number of ether oxygens (including phenoxy) is 4. The summed E-state index contributed by atoms with van der Waals surface area (Å²) in [7, 11) is 2.31. The first-order valence-corrected chi connectivity index (χ1v) is 15.2. The molecule has 2 heterocycles. The number of amides is 4. The summed E-state index contributed by atoms with van der Waals surface area (Å²) in [5.74, 6) is -3.02. The Morgan fingerprint density at radius 3 is 1.96 bits per heavy atom. The number of fused-ring (bicyclic) bond motifs is 1. The van der Waals surface area contributed by atoms with Gasteiger partial charge in [-0.15, -0.1) is 0 Å². The van der Waals surface area contributed by atoms with E-state index in [4.69, 9.17) is 18.9 Å². The highest BCUT2D eigenvalue weighted by Crippen LogP contribution is 2.41. The summed E-state index contributed by atoms with van der Waals surface area (Å²) in [5.41, 5.74) is -1.50. The molecule has 0 aliphatic carbocycles. The van der Waals surface area contributed by atoms with Crippen molar-refractivity contribution in [3.8, 4) is 0 Å². The zero-order chi connectivity index (χ0) is 33.9. The third-order valence-electron chi connectivity index (χ3n) is 7.04. The molecule has 3 rings (SSSR count). The molecule has 2 aliphatic heterocycles. The monoisotopic (exact) mass is 693 g/mol. The van der Waals surface area contributed by atoms with E-state index in [9.17, 15) is 28.8 Å². The van der Waals surface area contributed by atoms with Gasteiger partial charge in [-0.2, -0.15) is 0 Å². The number of nitrogens with one attached hydrogen (secondary N) is 1. The molecule has 2 aliphatic rings. The number of carbonyl (C=O) groups is 6. The number of esters is 2. The summed E-state index contributed by atoms with van der Waals surface area (Å²) in [6.07, 6.45) is -1.08. The van der Waals surface area contributed by atoms with E-state index in [1.54, 1.807) is 65.8 Å². The highest BCUT2D eigenvalue weighted by atomic mass is 79.9. The van der Waals surface area contributed by atoms with Crippen molar-refractivity contribution in [3.63, 3.8) is 0 Å². The zero-order valence-corrected chi connectivity index (χ0v) is 28.3. The minimum Gasteiger partial charge on any atom is -0.467 e. The van der Waals surface area contributed by atoms with Gasteiger partial charge in [0.2, 0.25) is 0 Å². The maximum absolute atomic E-state index is 13.6. The van der Waals surface area contributed by atoms with Crippen LogP contribution in [0.1, 0.15) is 81.5 Å². The Kier molecular flexibility index (Phi) is 11.1. The lowest BCUT2D eigenvalue weighted by atomic mass is 9.93. The van der Waals surface area contributed by atoms with Gasteiger partial charge in [0, 0.05) is 11.0 Å². The van der Waals surface area contributed by atoms with Crippen LogP contribution in [0.15, 0.2) is 34.4 Å². The van der Waals surface area contributed by atoms with Crippen LogP contribution in [-0.2, 0) is 28.5 Å². The number of rotatable bonds is 8. The summed E-state index contributed by atoms with van der Waals surface area (Å²) < 4.78 is 21.0. The standard InChI is InChI=1S/C31H40BrN3O10/c1-30(2,3)44-28(40)33-22(26(38)42-7)21(32)20-16-17(23(27(39)43-8)35(20)29(41)45-31(4,5)6)12-11-15-34-24(36)18-13-9-10-14-19(18)25(34)37/h9-10,13-14,17,20,23H,11-12,15-16H2,1-8H3,(H,33,40)/b22-21+/t17-,20+,23-/m0/s1. The lowest BCUT2D eigenvalue weighted by molar-refractivity contribution is -0.147. The molecule has 1 aromatic rings. The first kappa shape index (κ1) is 35.5. The van der Waals surface area contributed by atoms with Crippen molar-refractivity contribution in [2.24, 2.45) is 5.92 Å². The van der Waals surface area contributed by atoms with Gasteiger partial charge in [0.15, 0.2) is 0 Å². The molecule has 0 bridgehead atoms. The topological polar surface area (TPSA) is 158 Å². The van der Waals surface area contributed by atoms with Crippen LogP contribution in [0.2, 0.25) is 0 Å². The molecule has 45 heavy (non-hydrogen) atoms. The fraction of sp³-hybridized carbons (Fsp3) is 0.548. The Hall–Kier alpha value is -3.94. The maximum Gasteiger partial charge on any atom is 0.412 e. The van der Waals surface area contributed by atoms with Crippen LogP contribution in [0.5, 0.6) is 0 Å². The molecule has 1 N–H and O–H groups in total. The Morgan fingerprint density at radius 1 is 0.911 bits per heavy atom. The number of benzene rings is 1. The van der Waals surface area contributed by atoms with Gasteiger partial charge in [-0.1, -0.05) is 28.1 Å². The van der Waals surface area contributed by atoms with Crippen LogP contribution >= 0.6 is 15.9 Å². The largest absolute Gasteiger partial charge is 0.467 e. The van der Waals surface area contributed by atoms with Crippen molar-refractivity contribution in [1.29, 1.82) is 0 Å². The molecular formula is C31H40BrN3O10. The lowest BCUT2D eigenvalue weighted by Crippen LogP contribution is -2.49. The third kappa shape index (κ3) is 8.41. The van der Waals surface area contributed by atoms with Crippen LogP contribution in [0.25, 0.3) is 0 Å². The minimum atomic E-state index is -1.16. The van der Waals surface area contributed by atoms with Gasteiger partial charge in [-0.25, -0.2) is 19.2 Å². The normalized spacial score (nSPS) is 20.3. The van der Waals surface area contributed by atoms with E-state index < -0.39 is 65.1 Å². The van der Waals surface area contributed by atoms with E-state index >= 15 is 0 Å². The van der Waals surface area contributed by atoms with Gasteiger partial charge in [-0.05, 0) is 78.9 Å². The molecule has 3 atom stereocenters. The average molecular weight is 695 g/mol. The van der Waals surface area contributed by atoms with Crippen molar-refractivity contribution >= 4 is 51.9 Å². The maximum atomic E-state index is 13.6. The average Bonchev–Trinajstić information content (AvgIpc) is 3.44. The Balaban J connectivity index is 1.97. The second kappa shape index (κ2) is 14.0. The first-order valence-electron chi connectivity index (χ1n) is 14.4. The van der Waals surface area contributed by atoms with Gasteiger partial charge in [0.05, 0.1) is 31.4 Å². The predicted octanol–water partition coefficient (Wildman–Crippen LogP) is 4.53. The summed E-state index contributed by atoms with van der Waals surface area (Å²) in [5, 5.41) is 2.40. The number of alkyl carbamates (subject to hydrolysis) is 1. The Morgan fingerprint density at radius 2 is 1.47 bits per heavy atom. The number of nitrogens with zero attached hydrogens (tertiary/aromatic N) is 2. The molecular weight excluding hydrogens is 654 g/mol. The zero-order valence-electron chi connectivity index (χ0n) is 26.7. The van der Waals surface area contributed by atoms with Gasteiger partial charge >= 0.3 is 24.1 Å². The SMILES string of the molecule is COC(=O)/C(NC(=O)OC(C)(C)C)=C(\Br)[C@H]1C[C@H](CCCN2C(=O)c3ccccc3C2=O)[C@@H](C(=O)OC)N1C(=O)OC(C)(C)C. The van der Waals surface area contributed by atoms with Crippen molar-refractivity contribution in [1.82, 2.24) is 15.1 Å². The molecule has 0 radical (unpaired) electrons. The summed E-state index contributed by atoms with van der Waals surface area (Å²) >= 11 is 3.40. The Labute approximate surface area is 270 Å². The number of hydrogen-bond acceptors (Lipinski definition) is 10. The molecule has 0 saturated carbocycles. The van der Waals surface area contributed by atoms with E-state index in [1.165, 1.54) is 12.0 Å². The van der Waals surface area contributed by atoms with Crippen LogP contribution in [0, 0.1) is 5.92 Å². The molecule has 0 unspecified atom stereocenters. The molecule has 14 heteroatoms. The quantitative estimate of drug-likeness (QED) is 0.177. The molecule has 246 valence electrons. The molecule has 1 fully saturated rings. The van der Waals surface area contributed by atoms with Gasteiger partial charge in [0.25, 0.3) is 11.8 Å². The smallest absolute Gasteiger partial charge is 0.412 e. The van der Waals surface area contributed by atoms with E-state index in [2.05, 4.69) is 21.2 Å². The molecule has 1 aromatic carbocycles. The molecule has 13 nitrogen and oxygen atoms in total. The van der Waals surface area contributed by atoms with Gasteiger partial charge in [0.1, 0.15) is 22.9 Å². The summed E-state index contributed by atoms with van der Waals surface area (Å²) in [6, 6.07) is 4.41. The number of halogens is 1. The van der Waals surface area contributed by atoms with Gasteiger partial charge in [-0.3, -0.25) is 24.7 Å². The van der Waals surface area contributed by atoms with Crippen LogP contribution in [0.4, 0.5) is 9.59 Å². The number of methoxy groups -OCH3 is 2. The highest BCUT2D eigenvalue weighted by Gasteiger charge is 2.51. The Bertz CT molecular complexity index is 1360. The van der Waals surface area contributed by atoms with Crippen molar-refractivity contribution in [2.45, 2.75) is 84.1 Å². The van der Waals surface area contributed by atoms with Crippen LogP contribution < -0.4 is 5.32 Å². The third-order valence-corrected chi connectivity index (χ3v) is 7.96. The molecule has 4 amide bonds. The fourth-order valence-corrected chi connectivity index (χ4v) is 5.94. The van der Waals surface area contributed by atoms with Crippen molar-refractivity contribution < 1.29 is 47.7 Å². The van der Waals surface area contributed by atoms with Gasteiger partial charge < -0.3 is 18.9 Å². The number of imide groups is 1. The second-order valence-corrected chi connectivity index (χ2v) is 13.5. The van der Waals surface area contributed by atoms with Crippen molar-refractivity contribution in [3.05, 3.63) is 45.6 Å². The molecule has 0 aromatic heterocycles. The van der Waals surface area contributed by atoms with E-state index in [0.29, 0.717) is 17.5 Å². The number of carbonyl (C=O) groups excluding carboxylic acids is 6. The predicted molar refractivity (Wildman–Crippen MR) is 164 cm³/mol. The van der Waals surface area contributed by atoms with E-state index in [0.717, 1.165) is 12.0 Å². The van der Waals surface area contributed by atoms with Crippen LogP contribution in [0.3, 0.4) is 0 Å².